The Hall–Kier alpha value is -2.77. The molecule has 1 aromatic carbocycles. The fraction of sp³-hybridized carbons (Fsp3) is 0.609. The smallest absolute Gasteiger partial charge is 0.325 e. The monoisotopic (exact) mass is 429 g/mol. The van der Waals surface area contributed by atoms with Crippen LogP contribution in [-0.4, -0.2) is 47.5 Å². The first-order valence-corrected chi connectivity index (χ1v) is 11.3. The lowest BCUT2D eigenvalue weighted by Gasteiger charge is -2.20. The summed E-state index contributed by atoms with van der Waals surface area (Å²) in [7, 11) is 0. The molecular weight excluding hydrogens is 398 g/mol. The van der Waals surface area contributed by atoms with Gasteiger partial charge in [0.2, 0.25) is 5.91 Å². The van der Waals surface area contributed by atoms with Gasteiger partial charge in [-0.25, -0.2) is 4.79 Å². The number of nitrogens with one attached hydrogen (secondary N) is 2. The van der Waals surface area contributed by atoms with Crippen LogP contribution < -0.4 is 20.1 Å². The maximum absolute atomic E-state index is 12.7. The minimum atomic E-state index is -0.692. The number of nitrogens with zero attached hydrogens (tertiary/aromatic N) is 1. The third-order valence-electron chi connectivity index (χ3n) is 6.34. The maximum atomic E-state index is 12.7. The summed E-state index contributed by atoms with van der Waals surface area (Å²) < 4.78 is 11.6. The molecule has 1 aromatic rings. The number of carbonyl (C=O) groups excluding carboxylic acids is 3. The average molecular weight is 430 g/mol. The second kappa shape index (κ2) is 8.77. The lowest BCUT2D eigenvalue weighted by Crippen LogP contribution is -2.44. The predicted octanol–water partition coefficient (Wildman–Crippen LogP) is 2.67. The van der Waals surface area contributed by atoms with Gasteiger partial charge in [0.15, 0.2) is 0 Å². The first-order valence-electron chi connectivity index (χ1n) is 11.3. The van der Waals surface area contributed by atoms with Crippen molar-refractivity contribution in [1.82, 2.24) is 15.5 Å². The van der Waals surface area contributed by atoms with Crippen molar-refractivity contribution in [2.45, 2.75) is 77.0 Å². The molecule has 31 heavy (non-hydrogen) atoms. The summed E-state index contributed by atoms with van der Waals surface area (Å²) in [4.78, 5) is 38.5. The van der Waals surface area contributed by atoms with Crippen LogP contribution in [-0.2, 0) is 22.6 Å². The molecule has 4 amide bonds. The quantitative estimate of drug-likeness (QED) is 0.620. The molecular formula is C23H31N3O5. The average Bonchev–Trinajstić information content (AvgIpc) is 3.40. The fourth-order valence-corrected chi connectivity index (χ4v) is 4.79. The Morgan fingerprint density at radius 3 is 2.84 bits per heavy atom. The lowest BCUT2D eigenvalue weighted by atomic mass is 9.98. The van der Waals surface area contributed by atoms with Crippen molar-refractivity contribution in [3.05, 3.63) is 23.3 Å². The molecule has 1 spiro atoms. The minimum absolute atomic E-state index is 0.125. The van der Waals surface area contributed by atoms with Gasteiger partial charge < -0.3 is 20.1 Å². The number of amides is 4. The highest BCUT2D eigenvalue weighted by Crippen LogP contribution is 2.36. The van der Waals surface area contributed by atoms with Crippen LogP contribution in [0.1, 0.15) is 63.5 Å². The molecule has 0 radical (unpaired) electrons. The number of hydrogen-bond donors (Lipinski definition) is 2. The Balaban J connectivity index is 1.28. The molecule has 1 saturated heterocycles. The van der Waals surface area contributed by atoms with Gasteiger partial charge in [-0.05, 0) is 45.2 Å². The Morgan fingerprint density at radius 1 is 1.32 bits per heavy atom. The summed E-state index contributed by atoms with van der Waals surface area (Å²) in [6.45, 7) is 5.10. The summed E-state index contributed by atoms with van der Waals surface area (Å²) >= 11 is 0. The lowest BCUT2D eigenvalue weighted by molar-refractivity contribution is -0.131. The Bertz CT molecular complexity index is 878. The van der Waals surface area contributed by atoms with Gasteiger partial charge in [-0.1, -0.05) is 12.8 Å². The van der Waals surface area contributed by atoms with Gasteiger partial charge in [0, 0.05) is 37.1 Å². The summed E-state index contributed by atoms with van der Waals surface area (Å²) in [5, 5.41) is 5.78. The zero-order valence-corrected chi connectivity index (χ0v) is 18.3. The third-order valence-corrected chi connectivity index (χ3v) is 6.34. The first kappa shape index (κ1) is 21.5. The van der Waals surface area contributed by atoms with E-state index in [2.05, 4.69) is 10.6 Å². The van der Waals surface area contributed by atoms with Crippen molar-refractivity contribution in [2.24, 2.45) is 0 Å². The van der Waals surface area contributed by atoms with E-state index in [1.807, 2.05) is 26.0 Å². The zero-order chi connectivity index (χ0) is 22.0. The summed E-state index contributed by atoms with van der Waals surface area (Å²) in [5.74, 6) is 1.35. The van der Waals surface area contributed by atoms with Gasteiger partial charge in [-0.2, -0.15) is 0 Å². The Labute approximate surface area is 182 Å². The fourth-order valence-electron chi connectivity index (χ4n) is 4.79. The van der Waals surface area contributed by atoms with Crippen molar-refractivity contribution in [3.63, 3.8) is 0 Å². The Morgan fingerprint density at radius 2 is 2.10 bits per heavy atom. The molecule has 8 nitrogen and oxygen atoms in total. The molecule has 0 unspecified atom stereocenters. The van der Waals surface area contributed by atoms with Gasteiger partial charge in [-0.3, -0.25) is 14.5 Å². The molecule has 3 aliphatic rings. The minimum Gasteiger partial charge on any atom is -0.494 e. The van der Waals surface area contributed by atoms with Crippen LogP contribution >= 0.6 is 0 Å². The summed E-state index contributed by atoms with van der Waals surface area (Å²) in [6, 6.07) is 3.61. The van der Waals surface area contributed by atoms with E-state index < -0.39 is 5.54 Å². The van der Waals surface area contributed by atoms with Crippen molar-refractivity contribution in [1.29, 1.82) is 0 Å². The van der Waals surface area contributed by atoms with Crippen LogP contribution in [0.25, 0.3) is 0 Å². The van der Waals surface area contributed by atoms with E-state index in [9.17, 15) is 14.4 Å². The van der Waals surface area contributed by atoms with Crippen molar-refractivity contribution < 1.29 is 23.9 Å². The van der Waals surface area contributed by atoms with E-state index in [1.165, 1.54) is 4.90 Å². The van der Waals surface area contributed by atoms with E-state index in [1.54, 1.807) is 0 Å². The third kappa shape index (κ3) is 4.34. The van der Waals surface area contributed by atoms with E-state index in [-0.39, 0.29) is 36.9 Å². The van der Waals surface area contributed by atoms with Crippen LogP contribution in [0.2, 0.25) is 0 Å². The number of benzene rings is 1. The maximum Gasteiger partial charge on any atom is 0.325 e. The SMILES string of the molecule is CCOc1cc2c(cc1CNC(=O)CCCN1C(=O)NC3(CCCC3)C1=O)O[C@@H](C)C2. The molecule has 1 saturated carbocycles. The van der Waals surface area contributed by atoms with Crippen LogP contribution in [0, 0.1) is 0 Å². The van der Waals surface area contributed by atoms with Crippen molar-refractivity contribution in [2.75, 3.05) is 13.2 Å². The highest BCUT2D eigenvalue weighted by Gasteiger charge is 2.52. The molecule has 0 bridgehead atoms. The number of carbonyl (C=O) groups is 3. The number of hydrogen-bond acceptors (Lipinski definition) is 5. The molecule has 0 aromatic heterocycles. The molecule has 8 heteroatoms. The normalized spacial score (nSPS) is 21.2. The highest BCUT2D eigenvalue weighted by molar-refractivity contribution is 6.07. The predicted molar refractivity (Wildman–Crippen MR) is 114 cm³/mol. The number of urea groups is 1. The van der Waals surface area contributed by atoms with Gasteiger partial charge in [0.25, 0.3) is 5.91 Å². The zero-order valence-electron chi connectivity index (χ0n) is 18.3. The van der Waals surface area contributed by atoms with Crippen LogP contribution in [0.15, 0.2) is 12.1 Å². The summed E-state index contributed by atoms with van der Waals surface area (Å²) in [6.07, 6.45) is 5.00. The second-order valence-electron chi connectivity index (χ2n) is 8.69. The molecule has 2 N–H and O–H groups in total. The number of imide groups is 1. The van der Waals surface area contributed by atoms with Crippen molar-refractivity contribution in [3.8, 4) is 11.5 Å². The molecule has 168 valence electrons. The van der Waals surface area contributed by atoms with Gasteiger partial charge in [-0.15, -0.1) is 0 Å². The molecule has 2 heterocycles. The van der Waals surface area contributed by atoms with Crippen molar-refractivity contribution >= 4 is 17.8 Å². The van der Waals surface area contributed by atoms with E-state index in [0.717, 1.165) is 41.9 Å². The van der Waals surface area contributed by atoms with Gasteiger partial charge in [0.05, 0.1) is 6.61 Å². The molecule has 4 rings (SSSR count). The van der Waals surface area contributed by atoms with Crippen LogP contribution in [0.5, 0.6) is 11.5 Å². The van der Waals surface area contributed by atoms with E-state index >= 15 is 0 Å². The Kier molecular flexibility index (Phi) is 6.07. The highest BCUT2D eigenvalue weighted by atomic mass is 16.5. The second-order valence-corrected chi connectivity index (χ2v) is 8.69. The topological polar surface area (TPSA) is 97.0 Å². The molecule has 2 fully saturated rings. The molecule has 1 aliphatic carbocycles. The standard InChI is InChI=1S/C23H31N3O5/c1-3-30-18-12-16-11-15(2)31-19(16)13-17(18)14-24-20(27)7-6-10-26-21(28)23(25-22(26)29)8-4-5-9-23/h12-13,15H,3-11,14H2,1-2H3,(H,24,27)(H,25,29)/t15-/m0/s1. The van der Waals surface area contributed by atoms with Crippen LogP contribution in [0.4, 0.5) is 4.79 Å². The molecule has 2 aliphatic heterocycles. The van der Waals surface area contributed by atoms with E-state index in [0.29, 0.717) is 32.4 Å². The van der Waals surface area contributed by atoms with Crippen LogP contribution in [0.3, 0.4) is 0 Å². The first-order chi connectivity index (χ1) is 14.9. The largest absolute Gasteiger partial charge is 0.494 e. The number of ether oxygens (including phenoxy) is 2. The van der Waals surface area contributed by atoms with E-state index in [4.69, 9.17) is 9.47 Å². The number of rotatable bonds is 8. The van der Waals surface area contributed by atoms with Gasteiger partial charge >= 0.3 is 6.03 Å². The molecule has 1 atom stereocenters. The van der Waals surface area contributed by atoms with Gasteiger partial charge in [0.1, 0.15) is 23.1 Å². The summed E-state index contributed by atoms with van der Waals surface area (Å²) in [5.41, 5.74) is 1.31. The number of fused-ring (bicyclic) bond motifs is 1.